The number of amides is 1. The molecule has 0 unspecified atom stereocenters. The number of carbonyl (C=O) groups is 1. The van der Waals surface area contributed by atoms with E-state index in [1.54, 1.807) is 11.8 Å². The van der Waals surface area contributed by atoms with Gasteiger partial charge in [-0.25, -0.2) is 0 Å². The minimum absolute atomic E-state index is 0.0702. The Kier molecular flexibility index (Phi) is 7.56. The Labute approximate surface area is 147 Å². The van der Waals surface area contributed by atoms with Crippen LogP contribution in [0.15, 0.2) is 59.5 Å². The van der Waals surface area contributed by atoms with Gasteiger partial charge < -0.3 is 5.32 Å². The molecule has 0 radical (unpaired) electrons. The van der Waals surface area contributed by atoms with Crippen LogP contribution in [-0.4, -0.2) is 23.5 Å². The fraction of sp³-hybridized carbons (Fsp3) is 0.316. The van der Waals surface area contributed by atoms with E-state index < -0.39 is 0 Å². The lowest BCUT2D eigenvalue weighted by atomic mass is 10.2. The molecule has 0 saturated carbocycles. The Morgan fingerprint density at radius 2 is 1.91 bits per heavy atom. The predicted molar refractivity (Wildman–Crippen MR) is 102 cm³/mol. The second-order valence-electron chi connectivity index (χ2n) is 5.41. The molecule has 2 aromatic carbocycles. The standard InChI is InChI=1S/C19H23NOS2/c1-15-7-6-8-17(13-15)14-22-12-11-20-19(21)16(2)23-18-9-4-3-5-10-18/h3-10,13,16H,11-12,14H2,1-2H3,(H,20,21)/t16-/m0/s1. The summed E-state index contributed by atoms with van der Waals surface area (Å²) in [5.41, 5.74) is 2.64. The molecule has 0 aliphatic heterocycles. The van der Waals surface area contributed by atoms with E-state index >= 15 is 0 Å². The number of carbonyl (C=O) groups excluding carboxylic acids is 1. The molecule has 0 aliphatic carbocycles. The molecule has 4 heteroatoms. The van der Waals surface area contributed by atoms with E-state index in [0.29, 0.717) is 0 Å². The van der Waals surface area contributed by atoms with Gasteiger partial charge in [0.25, 0.3) is 0 Å². The van der Waals surface area contributed by atoms with E-state index in [-0.39, 0.29) is 11.2 Å². The largest absolute Gasteiger partial charge is 0.354 e. The highest BCUT2D eigenvalue weighted by Gasteiger charge is 2.13. The highest BCUT2D eigenvalue weighted by molar-refractivity contribution is 8.00. The van der Waals surface area contributed by atoms with Crippen molar-refractivity contribution in [3.63, 3.8) is 0 Å². The number of hydrogen-bond acceptors (Lipinski definition) is 3. The van der Waals surface area contributed by atoms with Crippen molar-refractivity contribution < 1.29 is 4.79 Å². The maximum atomic E-state index is 12.1. The van der Waals surface area contributed by atoms with Crippen LogP contribution in [0, 0.1) is 6.92 Å². The van der Waals surface area contributed by atoms with Gasteiger partial charge in [0.05, 0.1) is 5.25 Å². The zero-order chi connectivity index (χ0) is 16.5. The van der Waals surface area contributed by atoms with E-state index in [1.807, 2.05) is 49.0 Å². The van der Waals surface area contributed by atoms with Crippen LogP contribution in [0.25, 0.3) is 0 Å². The normalized spacial score (nSPS) is 11.9. The smallest absolute Gasteiger partial charge is 0.233 e. The molecule has 1 N–H and O–H groups in total. The molecule has 2 rings (SSSR count). The van der Waals surface area contributed by atoms with Gasteiger partial charge in [-0.3, -0.25) is 4.79 Å². The van der Waals surface area contributed by atoms with Crippen molar-refractivity contribution in [2.75, 3.05) is 12.3 Å². The van der Waals surface area contributed by atoms with Crippen LogP contribution >= 0.6 is 23.5 Å². The first-order chi connectivity index (χ1) is 11.1. The fourth-order valence-corrected chi connectivity index (χ4v) is 3.86. The molecule has 0 bridgehead atoms. The highest BCUT2D eigenvalue weighted by atomic mass is 32.2. The molecular weight excluding hydrogens is 322 g/mol. The van der Waals surface area contributed by atoms with Crippen LogP contribution in [0.2, 0.25) is 0 Å². The minimum atomic E-state index is -0.0702. The quantitative estimate of drug-likeness (QED) is 0.563. The van der Waals surface area contributed by atoms with Crippen LogP contribution in [0.1, 0.15) is 18.1 Å². The summed E-state index contributed by atoms with van der Waals surface area (Å²) in [5.74, 6) is 2.03. The maximum absolute atomic E-state index is 12.1. The van der Waals surface area contributed by atoms with Crippen LogP contribution < -0.4 is 5.32 Å². The summed E-state index contributed by atoms with van der Waals surface area (Å²) in [4.78, 5) is 13.2. The molecule has 0 aromatic heterocycles. The molecule has 2 aromatic rings. The molecule has 23 heavy (non-hydrogen) atoms. The van der Waals surface area contributed by atoms with E-state index in [4.69, 9.17) is 0 Å². The summed E-state index contributed by atoms with van der Waals surface area (Å²) in [6.07, 6.45) is 0. The maximum Gasteiger partial charge on any atom is 0.233 e. The molecule has 1 atom stereocenters. The van der Waals surface area contributed by atoms with Crippen LogP contribution in [0.4, 0.5) is 0 Å². The summed E-state index contributed by atoms with van der Waals surface area (Å²) in [6, 6.07) is 18.6. The number of thioether (sulfide) groups is 2. The predicted octanol–water partition coefficient (Wildman–Crippen LogP) is 4.53. The van der Waals surface area contributed by atoms with Crippen molar-refractivity contribution >= 4 is 29.4 Å². The second kappa shape index (κ2) is 9.68. The third-order valence-electron chi connectivity index (χ3n) is 3.32. The minimum Gasteiger partial charge on any atom is -0.354 e. The van der Waals surface area contributed by atoms with Gasteiger partial charge in [0.1, 0.15) is 0 Å². The Morgan fingerprint density at radius 1 is 1.13 bits per heavy atom. The van der Waals surface area contributed by atoms with Gasteiger partial charge in [-0.2, -0.15) is 11.8 Å². The highest BCUT2D eigenvalue weighted by Crippen LogP contribution is 2.22. The first-order valence-electron chi connectivity index (χ1n) is 7.78. The van der Waals surface area contributed by atoms with Gasteiger partial charge in [0.15, 0.2) is 0 Å². The van der Waals surface area contributed by atoms with Gasteiger partial charge >= 0.3 is 0 Å². The van der Waals surface area contributed by atoms with E-state index in [2.05, 4.69) is 36.5 Å². The Hall–Kier alpha value is -1.39. The van der Waals surface area contributed by atoms with E-state index in [9.17, 15) is 4.79 Å². The van der Waals surface area contributed by atoms with Gasteiger partial charge in [-0.05, 0) is 31.5 Å². The van der Waals surface area contributed by atoms with Crippen molar-refractivity contribution in [2.24, 2.45) is 0 Å². The van der Waals surface area contributed by atoms with Crippen molar-refractivity contribution in [1.29, 1.82) is 0 Å². The lowest BCUT2D eigenvalue weighted by Crippen LogP contribution is -2.32. The summed E-state index contributed by atoms with van der Waals surface area (Å²) in [5, 5.41) is 2.95. The van der Waals surface area contributed by atoms with Crippen LogP contribution in [0.3, 0.4) is 0 Å². The fourth-order valence-electron chi connectivity index (χ4n) is 2.14. The first kappa shape index (κ1) is 18.0. The summed E-state index contributed by atoms with van der Waals surface area (Å²) in [7, 11) is 0. The van der Waals surface area contributed by atoms with Crippen molar-refractivity contribution in [2.45, 2.75) is 29.7 Å². The van der Waals surface area contributed by atoms with Crippen molar-refractivity contribution in [1.82, 2.24) is 5.32 Å². The summed E-state index contributed by atoms with van der Waals surface area (Å²) in [6.45, 7) is 4.78. The Morgan fingerprint density at radius 3 is 2.65 bits per heavy atom. The molecule has 0 spiro atoms. The van der Waals surface area contributed by atoms with Crippen LogP contribution in [-0.2, 0) is 10.5 Å². The molecule has 0 saturated heterocycles. The van der Waals surface area contributed by atoms with Gasteiger partial charge in [0, 0.05) is 22.9 Å². The van der Waals surface area contributed by atoms with Crippen LogP contribution in [0.5, 0.6) is 0 Å². The monoisotopic (exact) mass is 345 g/mol. The third-order valence-corrected chi connectivity index (χ3v) is 5.46. The second-order valence-corrected chi connectivity index (χ2v) is 7.93. The number of nitrogens with one attached hydrogen (secondary N) is 1. The number of aryl methyl sites for hydroxylation is 1. The number of hydrogen-bond donors (Lipinski definition) is 1. The first-order valence-corrected chi connectivity index (χ1v) is 9.81. The van der Waals surface area contributed by atoms with E-state index in [1.165, 1.54) is 11.1 Å². The topological polar surface area (TPSA) is 29.1 Å². The zero-order valence-corrected chi connectivity index (χ0v) is 15.3. The Bertz CT molecular complexity index is 616. The molecule has 0 aliphatic rings. The SMILES string of the molecule is Cc1cccc(CSCCNC(=O)[C@H](C)Sc2ccccc2)c1. The number of benzene rings is 2. The lowest BCUT2D eigenvalue weighted by molar-refractivity contribution is -0.120. The van der Waals surface area contributed by atoms with Crippen molar-refractivity contribution in [3.8, 4) is 0 Å². The lowest BCUT2D eigenvalue weighted by Gasteiger charge is -2.12. The number of rotatable bonds is 8. The Balaban J connectivity index is 1.62. The van der Waals surface area contributed by atoms with E-state index in [0.717, 1.165) is 22.9 Å². The average Bonchev–Trinajstić information content (AvgIpc) is 2.55. The summed E-state index contributed by atoms with van der Waals surface area (Å²) >= 11 is 3.45. The average molecular weight is 346 g/mol. The molecule has 2 nitrogen and oxygen atoms in total. The molecule has 0 heterocycles. The molecule has 1 amide bonds. The molecular formula is C19H23NOS2. The van der Waals surface area contributed by atoms with Gasteiger partial charge in [-0.1, -0.05) is 48.0 Å². The molecule has 122 valence electrons. The molecule has 0 fully saturated rings. The van der Waals surface area contributed by atoms with Gasteiger partial charge in [0.2, 0.25) is 5.91 Å². The zero-order valence-electron chi connectivity index (χ0n) is 13.6. The third kappa shape index (κ3) is 6.71. The van der Waals surface area contributed by atoms with Gasteiger partial charge in [-0.15, -0.1) is 11.8 Å². The van der Waals surface area contributed by atoms with Crippen molar-refractivity contribution in [3.05, 3.63) is 65.7 Å². The summed E-state index contributed by atoms with van der Waals surface area (Å²) < 4.78 is 0.